The summed E-state index contributed by atoms with van der Waals surface area (Å²) in [5.74, 6) is 0.0178. The molecule has 1 aromatic heterocycles. The Balaban J connectivity index is 2.05. The summed E-state index contributed by atoms with van der Waals surface area (Å²) < 4.78 is 12.9. The predicted octanol–water partition coefficient (Wildman–Crippen LogP) is 2.35. The molecule has 0 aliphatic heterocycles. The van der Waals surface area contributed by atoms with Gasteiger partial charge in [0.15, 0.2) is 5.16 Å². The van der Waals surface area contributed by atoms with Crippen molar-refractivity contribution in [1.29, 1.82) is 0 Å². The highest BCUT2D eigenvalue weighted by molar-refractivity contribution is 7.98. The first kappa shape index (κ1) is 17.9. The summed E-state index contributed by atoms with van der Waals surface area (Å²) in [7, 11) is 0. The maximum absolute atomic E-state index is 12.9. The average Bonchev–Trinajstić information content (AvgIpc) is 2.56. The number of benzene rings is 1. The molecule has 0 bridgehead atoms. The van der Waals surface area contributed by atoms with Crippen LogP contribution in [0.2, 0.25) is 0 Å². The number of aromatic nitrogens is 2. The number of H-pyrrole nitrogens is 1. The van der Waals surface area contributed by atoms with Crippen LogP contribution in [0.4, 0.5) is 4.39 Å². The van der Waals surface area contributed by atoms with E-state index >= 15 is 0 Å². The van der Waals surface area contributed by atoms with Gasteiger partial charge < -0.3 is 10.3 Å². The Kier molecular flexibility index (Phi) is 6.31. The number of hydrogen-bond acceptors (Lipinski definition) is 4. The summed E-state index contributed by atoms with van der Waals surface area (Å²) >= 11 is 1.35. The van der Waals surface area contributed by atoms with Crippen molar-refractivity contribution in [3.63, 3.8) is 0 Å². The van der Waals surface area contributed by atoms with E-state index in [1.54, 1.807) is 25.1 Å². The fraction of sp³-hybridized carbons (Fsp3) is 0.235. The van der Waals surface area contributed by atoms with E-state index in [0.717, 1.165) is 5.56 Å². The first-order chi connectivity index (χ1) is 11.5. The number of rotatable bonds is 7. The van der Waals surface area contributed by atoms with Gasteiger partial charge in [-0.2, -0.15) is 0 Å². The van der Waals surface area contributed by atoms with Gasteiger partial charge in [-0.3, -0.25) is 9.59 Å². The molecule has 0 unspecified atom stereocenters. The van der Waals surface area contributed by atoms with E-state index in [1.165, 1.54) is 23.9 Å². The zero-order valence-electron chi connectivity index (χ0n) is 13.3. The topological polar surface area (TPSA) is 74.8 Å². The number of amides is 1. The normalized spacial score (nSPS) is 10.4. The fourth-order valence-corrected chi connectivity index (χ4v) is 2.86. The van der Waals surface area contributed by atoms with Crippen LogP contribution in [0.1, 0.15) is 16.8 Å². The SMILES string of the molecule is C=CCNC(=O)Cc1c(C)nc(SCc2ccc(F)cc2)[nH]c1=O. The molecule has 1 aromatic carbocycles. The second-order valence-electron chi connectivity index (χ2n) is 5.12. The largest absolute Gasteiger partial charge is 0.352 e. The van der Waals surface area contributed by atoms with Crippen molar-refractivity contribution >= 4 is 17.7 Å². The third-order valence-corrected chi connectivity index (χ3v) is 4.21. The summed E-state index contributed by atoms with van der Waals surface area (Å²) in [5, 5.41) is 3.10. The summed E-state index contributed by atoms with van der Waals surface area (Å²) in [6.07, 6.45) is 1.55. The molecule has 24 heavy (non-hydrogen) atoms. The van der Waals surface area contributed by atoms with Crippen molar-refractivity contribution in [2.75, 3.05) is 6.54 Å². The van der Waals surface area contributed by atoms with Crippen molar-refractivity contribution in [1.82, 2.24) is 15.3 Å². The van der Waals surface area contributed by atoms with E-state index in [0.29, 0.717) is 28.7 Å². The van der Waals surface area contributed by atoms with E-state index in [4.69, 9.17) is 0 Å². The molecule has 0 saturated heterocycles. The van der Waals surface area contributed by atoms with Crippen LogP contribution in [0.25, 0.3) is 0 Å². The van der Waals surface area contributed by atoms with Crippen LogP contribution < -0.4 is 10.9 Å². The van der Waals surface area contributed by atoms with Crippen LogP contribution in [0.3, 0.4) is 0 Å². The summed E-state index contributed by atoms with van der Waals surface area (Å²) in [5.41, 5.74) is 1.48. The molecule has 0 fully saturated rings. The zero-order chi connectivity index (χ0) is 17.5. The summed E-state index contributed by atoms with van der Waals surface area (Å²) in [6, 6.07) is 6.15. The Morgan fingerprint density at radius 3 is 2.75 bits per heavy atom. The van der Waals surface area contributed by atoms with Gasteiger partial charge in [-0.15, -0.1) is 6.58 Å². The third-order valence-electron chi connectivity index (χ3n) is 3.27. The van der Waals surface area contributed by atoms with Gasteiger partial charge in [0.25, 0.3) is 5.56 Å². The maximum atomic E-state index is 12.9. The van der Waals surface area contributed by atoms with Crippen molar-refractivity contribution in [2.45, 2.75) is 24.3 Å². The van der Waals surface area contributed by atoms with Gasteiger partial charge in [0.05, 0.1) is 6.42 Å². The molecule has 1 heterocycles. The second-order valence-corrected chi connectivity index (χ2v) is 6.08. The number of carbonyl (C=O) groups excluding carboxylic acids is 1. The number of nitrogens with zero attached hydrogens (tertiary/aromatic N) is 1. The highest BCUT2D eigenvalue weighted by Crippen LogP contribution is 2.19. The molecule has 0 saturated carbocycles. The smallest absolute Gasteiger partial charge is 0.255 e. The van der Waals surface area contributed by atoms with Gasteiger partial charge in [-0.1, -0.05) is 30.0 Å². The van der Waals surface area contributed by atoms with Crippen molar-refractivity contribution in [3.05, 3.63) is 69.9 Å². The molecular formula is C17H18FN3O2S. The van der Waals surface area contributed by atoms with Gasteiger partial charge in [0.2, 0.25) is 5.91 Å². The highest BCUT2D eigenvalue weighted by atomic mass is 32.2. The number of aromatic amines is 1. The molecule has 2 aromatic rings. The van der Waals surface area contributed by atoms with Crippen LogP contribution in [-0.2, 0) is 17.0 Å². The fourth-order valence-electron chi connectivity index (χ4n) is 2.00. The minimum Gasteiger partial charge on any atom is -0.352 e. The molecular weight excluding hydrogens is 329 g/mol. The lowest BCUT2D eigenvalue weighted by Crippen LogP contribution is -2.29. The zero-order valence-corrected chi connectivity index (χ0v) is 14.1. The minimum atomic E-state index is -0.321. The Morgan fingerprint density at radius 2 is 2.12 bits per heavy atom. The molecule has 5 nitrogen and oxygen atoms in total. The predicted molar refractivity (Wildman–Crippen MR) is 92.5 cm³/mol. The average molecular weight is 347 g/mol. The molecule has 2 N–H and O–H groups in total. The molecule has 0 aliphatic carbocycles. The molecule has 0 spiro atoms. The monoisotopic (exact) mass is 347 g/mol. The molecule has 126 valence electrons. The lowest BCUT2D eigenvalue weighted by Gasteiger charge is -2.07. The molecule has 0 radical (unpaired) electrons. The molecule has 0 atom stereocenters. The minimum absolute atomic E-state index is 0.0229. The van der Waals surface area contributed by atoms with E-state index in [1.807, 2.05) is 0 Å². The van der Waals surface area contributed by atoms with Crippen LogP contribution in [-0.4, -0.2) is 22.4 Å². The van der Waals surface area contributed by atoms with Crippen LogP contribution in [0.5, 0.6) is 0 Å². The Bertz CT molecular complexity index is 787. The maximum Gasteiger partial charge on any atom is 0.255 e. The number of carbonyl (C=O) groups is 1. The van der Waals surface area contributed by atoms with Crippen molar-refractivity contribution in [2.24, 2.45) is 0 Å². The van der Waals surface area contributed by atoms with Gasteiger partial charge in [-0.25, -0.2) is 9.37 Å². The summed E-state index contributed by atoms with van der Waals surface area (Å²) in [6.45, 7) is 5.58. The van der Waals surface area contributed by atoms with E-state index < -0.39 is 0 Å². The number of nitrogens with one attached hydrogen (secondary N) is 2. The number of aryl methyl sites for hydroxylation is 1. The Labute approximate surface area is 143 Å². The third kappa shape index (κ3) is 5.06. The van der Waals surface area contributed by atoms with Crippen LogP contribution in [0.15, 0.2) is 46.9 Å². The first-order valence-corrected chi connectivity index (χ1v) is 8.32. The lowest BCUT2D eigenvalue weighted by molar-refractivity contribution is -0.120. The highest BCUT2D eigenvalue weighted by Gasteiger charge is 2.12. The Hall–Kier alpha value is -2.41. The Morgan fingerprint density at radius 1 is 1.42 bits per heavy atom. The number of hydrogen-bond donors (Lipinski definition) is 2. The van der Waals surface area contributed by atoms with E-state index in [2.05, 4.69) is 21.9 Å². The van der Waals surface area contributed by atoms with Gasteiger partial charge in [0.1, 0.15) is 5.82 Å². The molecule has 0 aliphatic rings. The first-order valence-electron chi connectivity index (χ1n) is 7.34. The lowest BCUT2D eigenvalue weighted by atomic mass is 10.1. The van der Waals surface area contributed by atoms with Gasteiger partial charge in [0, 0.05) is 23.6 Å². The quantitative estimate of drug-likeness (QED) is 0.458. The van der Waals surface area contributed by atoms with Gasteiger partial charge in [-0.05, 0) is 24.6 Å². The molecule has 7 heteroatoms. The van der Waals surface area contributed by atoms with Crippen molar-refractivity contribution < 1.29 is 9.18 Å². The van der Waals surface area contributed by atoms with Crippen LogP contribution >= 0.6 is 11.8 Å². The van der Waals surface area contributed by atoms with E-state index in [9.17, 15) is 14.0 Å². The van der Waals surface area contributed by atoms with Gasteiger partial charge >= 0.3 is 0 Å². The van der Waals surface area contributed by atoms with E-state index in [-0.39, 0.29) is 23.7 Å². The second kappa shape index (κ2) is 8.44. The molecule has 2 rings (SSSR count). The van der Waals surface area contributed by atoms with Crippen molar-refractivity contribution in [3.8, 4) is 0 Å². The van der Waals surface area contributed by atoms with Crippen LogP contribution in [0, 0.1) is 12.7 Å². The number of halogens is 1. The molecule has 1 amide bonds. The number of thioether (sulfide) groups is 1. The standard InChI is InChI=1S/C17H18FN3O2S/c1-3-8-19-15(22)9-14-11(2)20-17(21-16(14)23)24-10-12-4-6-13(18)7-5-12/h3-7H,1,8-10H2,2H3,(H,19,22)(H,20,21,23). The summed E-state index contributed by atoms with van der Waals surface area (Å²) in [4.78, 5) is 30.9.